The molecular weight excluding hydrogens is 506 g/mol. The predicted octanol–water partition coefficient (Wildman–Crippen LogP) is 4.18. The van der Waals surface area contributed by atoms with E-state index < -0.39 is 23.1 Å². The second-order valence-corrected chi connectivity index (χ2v) is 6.99. The van der Waals surface area contributed by atoms with Gasteiger partial charge < -0.3 is 0 Å². The number of aromatic nitrogens is 2. The van der Waals surface area contributed by atoms with E-state index in [0.29, 0.717) is 24.3 Å². The fraction of sp³-hybridized carbons (Fsp3) is 0.231. The molecule has 2 aromatic rings. The van der Waals surface area contributed by atoms with Crippen LogP contribution in [0.5, 0.6) is 0 Å². The molecule has 0 radical (unpaired) electrons. The van der Waals surface area contributed by atoms with Crippen LogP contribution in [0.1, 0.15) is 11.3 Å². The summed E-state index contributed by atoms with van der Waals surface area (Å²) < 4.78 is 39.9. The van der Waals surface area contributed by atoms with Crippen molar-refractivity contribution in [2.75, 3.05) is 0 Å². The van der Waals surface area contributed by atoms with Crippen LogP contribution in [0.2, 0.25) is 15.1 Å². The van der Waals surface area contributed by atoms with Crippen LogP contribution in [-0.2, 0) is 19.8 Å². The van der Waals surface area contributed by atoms with Gasteiger partial charge in [-0.2, -0.15) is 13.2 Å². The monoisotopic (exact) mass is 512 g/mol. The maximum absolute atomic E-state index is 12.8. The van der Waals surface area contributed by atoms with Gasteiger partial charge in [0.15, 0.2) is 0 Å². The third-order valence-electron chi connectivity index (χ3n) is 3.20. The van der Waals surface area contributed by atoms with Crippen molar-refractivity contribution >= 4 is 57.4 Å². The summed E-state index contributed by atoms with van der Waals surface area (Å²) in [4.78, 5) is 24.1. The number of rotatable bonds is 2. The molecule has 0 saturated heterocycles. The Morgan fingerprint density at radius 2 is 1.71 bits per heavy atom. The maximum Gasteiger partial charge on any atom is 0.431 e. The van der Waals surface area contributed by atoms with Gasteiger partial charge in [-0.3, -0.25) is 13.9 Å². The lowest BCUT2D eigenvalue weighted by Gasteiger charge is -2.15. The number of benzene rings is 1. The zero-order valence-corrected chi connectivity index (χ0v) is 16.1. The third kappa shape index (κ3) is 3.61. The average molecular weight is 513 g/mol. The first-order chi connectivity index (χ1) is 10.9. The quantitative estimate of drug-likeness (QED) is 0.344. The molecule has 0 amide bonds. The van der Waals surface area contributed by atoms with E-state index in [-0.39, 0.29) is 21.6 Å². The molecular formula is C13H7Cl3F3IN2O2. The van der Waals surface area contributed by atoms with Crippen LogP contribution in [0.3, 0.4) is 0 Å². The number of hydrogen-bond acceptors (Lipinski definition) is 2. The zero-order chi connectivity index (χ0) is 18.4. The molecule has 0 atom stereocenters. The Hall–Kier alpha value is -0.710. The molecule has 4 nitrogen and oxygen atoms in total. The summed E-state index contributed by atoms with van der Waals surface area (Å²) in [6, 6.07) is 1.77. The first-order valence-electron chi connectivity index (χ1n) is 6.15. The van der Waals surface area contributed by atoms with Gasteiger partial charge >= 0.3 is 11.9 Å². The molecule has 0 aliphatic heterocycles. The van der Waals surface area contributed by atoms with Crippen molar-refractivity contribution < 1.29 is 13.2 Å². The highest BCUT2D eigenvalue weighted by molar-refractivity contribution is 14.1. The van der Waals surface area contributed by atoms with Crippen molar-refractivity contribution in [3.05, 3.63) is 62.9 Å². The minimum Gasteiger partial charge on any atom is -0.292 e. The molecule has 1 heterocycles. The third-order valence-corrected chi connectivity index (χ3v) is 6.02. The smallest absolute Gasteiger partial charge is 0.292 e. The number of nitrogens with zero attached hydrogens (tertiary/aromatic N) is 2. The van der Waals surface area contributed by atoms with Gasteiger partial charge in [0.25, 0.3) is 5.56 Å². The van der Waals surface area contributed by atoms with E-state index >= 15 is 0 Å². The summed E-state index contributed by atoms with van der Waals surface area (Å²) in [6.45, 7) is -0.293. The molecule has 11 heteroatoms. The van der Waals surface area contributed by atoms with Crippen molar-refractivity contribution in [2.24, 2.45) is 7.05 Å². The van der Waals surface area contributed by atoms with Crippen LogP contribution in [-0.4, -0.2) is 9.13 Å². The lowest BCUT2D eigenvalue weighted by Crippen LogP contribution is -2.42. The van der Waals surface area contributed by atoms with Crippen LogP contribution in [0.25, 0.3) is 0 Å². The van der Waals surface area contributed by atoms with Crippen molar-refractivity contribution in [3.8, 4) is 0 Å². The molecule has 0 aliphatic carbocycles. The first kappa shape index (κ1) is 19.6. The minimum absolute atomic E-state index is 0.105. The number of alkyl halides is 3. The summed E-state index contributed by atoms with van der Waals surface area (Å²) in [5.74, 6) is 0. The number of halogens is 7. The normalized spacial score (nSPS) is 11.8. The largest absolute Gasteiger partial charge is 0.431 e. The molecule has 2 rings (SSSR count). The predicted molar refractivity (Wildman–Crippen MR) is 94.2 cm³/mol. The maximum atomic E-state index is 12.8. The van der Waals surface area contributed by atoms with E-state index in [0.717, 1.165) is 7.05 Å². The standard InChI is InChI=1S/C13H7Cl3F3IN2O2/c1-21-7(13(17,18)19)3-8(23)22(12(21)24)4-5-2-6(14)9(15)10(16)11(5)20/h2-3H,4H2,1H3. The molecule has 1 aromatic heterocycles. The Kier molecular flexibility index (Phi) is 5.63. The van der Waals surface area contributed by atoms with Crippen LogP contribution >= 0.6 is 57.4 Å². The summed E-state index contributed by atoms with van der Waals surface area (Å²) in [6.07, 6.45) is -4.81. The highest BCUT2D eigenvalue weighted by Gasteiger charge is 2.35. The Balaban J connectivity index is 2.64. The lowest BCUT2D eigenvalue weighted by atomic mass is 10.2. The summed E-state index contributed by atoms with van der Waals surface area (Å²) in [5, 5.41) is 0.351. The van der Waals surface area contributed by atoms with E-state index in [9.17, 15) is 22.8 Å². The minimum atomic E-state index is -4.81. The van der Waals surface area contributed by atoms with Crippen LogP contribution in [0.15, 0.2) is 21.7 Å². The zero-order valence-electron chi connectivity index (χ0n) is 11.7. The molecule has 24 heavy (non-hydrogen) atoms. The Labute approximate surface area is 161 Å². The van der Waals surface area contributed by atoms with Crippen molar-refractivity contribution in [2.45, 2.75) is 12.7 Å². The van der Waals surface area contributed by atoms with E-state index in [4.69, 9.17) is 34.8 Å². The SMILES string of the molecule is Cn1c(C(F)(F)F)cc(=O)n(Cc2cc(Cl)c(Cl)c(Cl)c2I)c1=O. The van der Waals surface area contributed by atoms with Gasteiger partial charge in [-0.1, -0.05) is 34.8 Å². The van der Waals surface area contributed by atoms with E-state index in [1.165, 1.54) is 6.07 Å². The first-order valence-corrected chi connectivity index (χ1v) is 8.36. The van der Waals surface area contributed by atoms with Gasteiger partial charge in [0.1, 0.15) is 5.69 Å². The van der Waals surface area contributed by atoms with Crippen LogP contribution < -0.4 is 11.2 Å². The van der Waals surface area contributed by atoms with Crippen molar-refractivity contribution in [3.63, 3.8) is 0 Å². The summed E-state index contributed by atoms with van der Waals surface area (Å²) in [5.41, 5.74) is -3.12. The second kappa shape index (κ2) is 6.89. The molecule has 130 valence electrons. The Morgan fingerprint density at radius 3 is 2.25 bits per heavy atom. The van der Waals surface area contributed by atoms with E-state index in [2.05, 4.69) is 0 Å². The van der Waals surface area contributed by atoms with Crippen LogP contribution in [0, 0.1) is 3.57 Å². The second-order valence-electron chi connectivity index (χ2n) is 4.75. The van der Waals surface area contributed by atoms with E-state index in [1.54, 1.807) is 0 Å². The van der Waals surface area contributed by atoms with Gasteiger partial charge in [-0.25, -0.2) is 4.79 Å². The summed E-state index contributed by atoms with van der Waals surface area (Å²) >= 11 is 19.7. The van der Waals surface area contributed by atoms with Crippen molar-refractivity contribution in [1.82, 2.24) is 9.13 Å². The Bertz CT molecular complexity index is 938. The molecule has 0 N–H and O–H groups in total. The van der Waals surface area contributed by atoms with Gasteiger partial charge in [-0.15, -0.1) is 0 Å². The summed E-state index contributed by atoms with van der Waals surface area (Å²) in [7, 11) is 0.938. The molecule has 0 unspecified atom stereocenters. The van der Waals surface area contributed by atoms with E-state index in [1.807, 2.05) is 22.6 Å². The lowest BCUT2D eigenvalue weighted by molar-refractivity contribution is -0.144. The Morgan fingerprint density at radius 1 is 1.12 bits per heavy atom. The van der Waals surface area contributed by atoms with Gasteiger partial charge in [0.2, 0.25) is 0 Å². The van der Waals surface area contributed by atoms with Gasteiger partial charge in [0, 0.05) is 16.7 Å². The average Bonchev–Trinajstić information content (AvgIpc) is 2.48. The molecule has 0 spiro atoms. The fourth-order valence-corrected chi connectivity index (χ4v) is 3.40. The van der Waals surface area contributed by atoms with Gasteiger partial charge in [-0.05, 0) is 34.2 Å². The molecule has 0 saturated carbocycles. The fourth-order valence-electron chi connectivity index (χ4n) is 1.99. The molecule has 1 aromatic carbocycles. The van der Waals surface area contributed by atoms with Crippen molar-refractivity contribution in [1.29, 1.82) is 0 Å². The van der Waals surface area contributed by atoms with Gasteiger partial charge in [0.05, 0.1) is 21.6 Å². The topological polar surface area (TPSA) is 44.0 Å². The highest BCUT2D eigenvalue weighted by atomic mass is 127. The molecule has 0 aliphatic rings. The number of hydrogen-bond donors (Lipinski definition) is 0. The van der Waals surface area contributed by atoms with Crippen LogP contribution in [0.4, 0.5) is 13.2 Å². The molecule has 0 bridgehead atoms. The highest BCUT2D eigenvalue weighted by Crippen LogP contribution is 2.36. The molecule has 0 fully saturated rings.